The zero-order valence-electron chi connectivity index (χ0n) is 20.3. The first-order valence-electron chi connectivity index (χ1n) is 12.5. The predicted octanol–water partition coefficient (Wildman–Crippen LogP) is 4.63. The Morgan fingerprint density at radius 3 is 2.50 bits per heavy atom. The van der Waals surface area contributed by atoms with Gasteiger partial charge in [-0.3, -0.25) is 0 Å². The normalized spacial score (nSPS) is 18.6. The maximum absolute atomic E-state index is 11.7. The van der Waals surface area contributed by atoms with Crippen molar-refractivity contribution in [2.24, 2.45) is 5.92 Å². The van der Waals surface area contributed by atoms with E-state index in [1.807, 2.05) is 31.2 Å². The fourth-order valence-electron chi connectivity index (χ4n) is 5.07. The molecule has 2 N–H and O–H groups in total. The third-order valence-corrected chi connectivity index (χ3v) is 7.04. The molecule has 2 atom stereocenters. The molecule has 0 aliphatic heterocycles. The molecule has 2 aromatic carbocycles. The molecular formula is C29H37NO4. The molecule has 0 aromatic heterocycles. The molecule has 5 heteroatoms. The van der Waals surface area contributed by atoms with Gasteiger partial charge in [0.15, 0.2) is 0 Å². The van der Waals surface area contributed by atoms with Crippen LogP contribution < -0.4 is 5.32 Å². The summed E-state index contributed by atoms with van der Waals surface area (Å²) in [7, 11) is 0. The number of hydrogen-bond donors (Lipinski definition) is 2. The van der Waals surface area contributed by atoms with Gasteiger partial charge in [0.1, 0.15) is 0 Å². The summed E-state index contributed by atoms with van der Waals surface area (Å²) < 4.78 is 11.0. The van der Waals surface area contributed by atoms with Gasteiger partial charge in [0.05, 0.1) is 25.4 Å². The molecule has 0 bridgehead atoms. The van der Waals surface area contributed by atoms with E-state index in [1.165, 1.54) is 49.3 Å². The van der Waals surface area contributed by atoms with Crippen molar-refractivity contribution in [1.82, 2.24) is 5.32 Å². The van der Waals surface area contributed by atoms with Crippen LogP contribution in [0.25, 0.3) is 6.08 Å². The molecule has 2 aromatic rings. The summed E-state index contributed by atoms with van der Waals surface area (Å²) in [6.45, 7) is 4.91. The SMILES string of the molecule is CCOC(=O)/C=C/c1ccccc1[C@@H](C)OC[C@H](O)CNC1(CC2Cc3ccccc3C2)CC1. The van der Waals surface area contributed by atoms with Crippen LogP contribution in [0, 0.1) is 5.92 Å². The van der Waals surface area contributed by atoms with Crippen LogP contribution in [0.2, 0.25) is 0 Å². The van der Waals surface area contributed by atoms with Gasteiger partial charge in [0.25, 0.3) is 0 Å². The lowest BCUT2D eigenvalue weighted by atomic mass is 9.95. The molecule has 34 heavy (non-hydrogen) atoms. The summed E-state index contributed by atoms with van der Waals surface area (Å²) in [5, 5.41) is 14.2. The molecule has 1 fully saturated rings. The van der Waals surface area contributed by atoms with Crippen molar-refractivity contribution >= 4 is 12.0 Å². The Hall–Kier alpha value is -2.47. The van der Waals surface area contributed by atoms with Crippen molar-refractivity contribution in [3.63, 3.8) is 0 Å². The van der Waals surface area contributed by atoms with Crippen molar-refractivity contribution in [1.29, 1.82) is 0 Å². The number of carbonyl (C=O) groups is 1. The average molecular weight is 464 g/mol. The van der Waals surface area contributed by atoms with Crippen LogP contribution in [0.5, 0.6) is 0 Å². The van der Waals surface area contributed by atoms with Crippen LogP contribution in [0.1, 0.15) is 61.5 Å². The second-order valence-corrected chi connectivity index (χ2v) is 9.75. The molecule has 0 heterocycles. The lowest BCUT2D eigenvalue weighted by molar-refractivity contribution is -0.137. The molecule has 1 saturated carbocycles. The lowest BCUT2D eigenvalue weighted by Crippen LogP contribution is -2.40. The van der Waals surface area contributed by atoms with Gasteiger partial charge in [-0.25, -0.2) is 4.79 Å². The third kappa shape index (κ3) is 6.56. The summed E-state index contributed by atoms with van der Waals surface area (Å²) in [5.41, 5.74) is 5.07. The first kappa shape index (κ1) is 24.6. The minimum absolute atomic E-state index is 0.184. The third-order valence-electron chi connectivity index (χ3n) is 7.04. The molecule has 0 unspecified atom stereocenters. The van der Waals surface area contributed by atoms with Crippen molar-refractivity contribution in [2.75, 3.05) is 19.8 Å². The highest BCUT2D eigenvalue weighted by Crippen LogP contribution is 2.44. The van der Waals surface area contributed by atoms with Gasteiger partial charge in [0.2, 0.25) is 0 Å². The van der Waals surface area contributed by atoms with E-state index in [0.717, 1.165) is 11.1 Å². The van der Waals surface area contributed by atoms with E-state index in [4.69, 9.17) is 9.47 Å². The Kier molecular flexibility index (Phi) is 8.19. The molecule has 2 aliphatic rings. The number of fused-ring (bicyclic) bond motifs is 1. The number of ether oxygens (including phenoxy) is 2. The maximum atomic E-state index is 11.7. The number of carbonyl (C=O) groups excluding carboxylic acids is 1. The summed E-state index contributed by atoms with van der Waals surface area (Å²) in [6.07, 6.45) is 8.31. The molecule has 2 aliphatic carbocycles. The highest BCUT2D eigenvalue weighted by atomic mass is 16.5. The number of nitrogens with one attached hydrogen (secondary N) is 1. The Bertz CT molecular complexity index is 972. The van der Waals surface area contributed by atoms with Crippen LogP contribution >= 0.6 is 0 Å². The van der Waals surface area contributed by atoms with E-state index >= 15 is 0 Å². The van der Waals surface area contributed by atoms with Gasteiger partial charge in [-0.1, -0.05) is 48.5 Å². The molecule has 4 rings (SSSR count). The number of benzene rings is 2. The van der Waals surface area contributed by atoms with Crippen molar-refractivity contribution < 1.29 is 19.4 Å². The summed E-state index contributed by atoms with van der Waals surface area (Å²) >= 11 is 0. The zero-order valence-corrected chi connectivity index (χ0v) is 20.3. The topological polar surface area (TPSA) is 67.8 Å². The number of hydrogen-bond acceptors (Lipinski definition) is 5. The zero-order chi connectivity index (χ0) is 24.0. The standard InChI is InChI=1S/C29H37NO4/c1-3-33-28(32)13-12-23-8-6-7-11-27(23)21(2)34-20-26(31)19-30-29(14-15-29)18-22-16-24-9-4-5-10-25(24)17-22/h4-13,21-22,26,30-31H,3,14-20H2,1-2H3/b13-12+/t21-,26-/m1/s1. The molecule has 0 spiro atoms. The van der Waals surface area contributed by atoms with Gasteiger partial charge in [-0.05, 0) is 80.2 Å². The second kappa shape index (κ2) is 11.3. The van der Waals surface area contributed by atoms with Crippen molar-refractivity contribution in [3.8, 4) is 0 Å². The van der Waals surface area contributed by atoms with Crippen molar-refractivity contribution in [2.45, 2.75) is 63.7 Å². The molecule has 0 radical (unpaired) electrons. The van der Waals surface area contributed by atoms with E-state index in [0.29, 0.717) is 19.1 Å². The quantitative estimate of drug-likeness (QED) is 0.355. The second-order valence-electron chi connectivity index (χ2n) is 9.75. The minimum Gasteiger partial charge on any atom is -0.463 e. The molecule has 182 valence electrons. The highest BCUT2D eigenvalue weighted by molar-refractivity contribution is 5.87. The number of β-amino-alcohol motifs (C(OH)–C–C–N with tert-alkyl or cyclic N) is 1. The van der Waals surface area contributed by atoms with E-state index < -0.39 is 6.10 Å². The number of esters is 1. The fraction of sp³-hybridized carbons (Fsp3) is 0.483. The molecular weight excluding hydrogens is 426 g/mol. The first-order chi connectivity index (χ1) is 16.5. The van der Waals surface area contributed by atoms with Crippen LogP contribution in [0.15, 0.2) is 54.6 Å². The predicted molar refractivity (Wildman–Crippen MR) is 134 cm³/mol. The van der Waals surface area contributed by atoms with E-state index in [1.54, 1.807) is 13.0 Å². The molecule has 0 saturated heterocycles. The number of rotatable bonds is 12. The number of aliphatic hydroxyl groups is 1. The Morgan fingerprint density at radius 1 is 1.15 bits per heavy atom. The summed E-state index contributed by atoms with van der Waals surface area (Å²) in [6, 6.07) is 16.6. The van der Waals surface area contributed by atoms with E-state index in [2.05, 4.69) is 29.6 Å². The van der Waals surface area contributed by atoms with Crippen LogP contribution in [-0.2, 0) is 27.1 Å². The lowest BCUT2D eigenvalue weighted by Gasteiger charge is -2.24. The maximum Gasteiger partial charge on any atom is 0.330 e. The van der Waals surface area contributed by atoms with Gasteiger partial charge in [-0.15, -0.1) is 0 Å². The Morgan fingerprint density at radius 2 is 1.82 bits per heavy atom. The number of aliphatic hydroxyl groups excluding tert-OH is 1. The van der Waals surface area contributed by atoms with Crippen LogP contribution in [0.4, 0.5) is 0 Å². The van der Waals surface area contributed by atoms with Crippen LogP contribution in [-0.4, -0.2) is 42.5 Å². The largest absolute Gasteiger partial charge is 0.463 e. The monoisotopic (exact) mass is 463 g/mol. The van der Waals surface area contributed by atoms with Gasteiger partial charge >= 0.3 is 5.97 Å². The summed E-state index contributed by atoms with van der Waals surface area (Å²) in [5.74, 6) is 0.336. The first-order valence-corrected chi connectivity index (χ1v) is 12.5. The van der Waals surface area contributed by atoms with E-state index in [-0.39, 0.29) is 24.2 Å². The Labute approximate surface area is 203 Å². The van der Waals surface area contributed by atoms with E-state index in [9.17, 15) is 9.90 Å². The summed E-state index contributed by atoms with van der Waals surface area (Å²) in [4.78, 5) is 11.7. The molecule has 0 amide bonds. The van der Waals surface area contributed by atoms with Crippen LogP contribution in [0.3, 0.4) is 0 Å². The Balaban J connectivity index is 1.22. The van der Waals surface area contributed by atoms with Gasteiger partial charge in [0, 0.05) is 18.2 Å². The average Bonchev–Trinajstić information content (AvgIpc) is 3.48. The van der Waals surface area contributed by atoms with Crippen molar-refractivity contribution in [3.05, 3.63) is 76.9 Å². The van der Waals surface area contributed by atoms with Gasteiger partial charge < -0.3 is 19.9 Å². The molecule has 5 nitrogen and oxygen atoms in total. The van der Waals surface area contributed by atoms with Gasteiger partial charge in [-0.2, -0.15) is 0 Å². The minimum atomic E-state index is -0.567. The fourth-order valence-corrected chi connectivity index (χ4v) is 5.07. The smallest absolute Gasteiger partial charge is 0.330 e. The highest BCUT2D eigenvalue weighted by Gasteiger charge is 2.44.